The van der Waals surface area contributed by atoms with Crippen LogP contribution in [0, 0.1) is 5.82 Å². The number of hydrogen-bond donors (Lipinski definition) is 2. The van der Waals surface area contributed by atoms with Crippen LogP contribution >= 0.6 is 22.7 Å². The second kappa shape index (κ2) is 19.1. The minimum atomic E-state index is -1.05. The minimum Gasteiger partial charge on any atom is -0.493 e. The van der Waals surface area contributed by atoms with Crippen molar-refractivity contribution in [1.29, 1.82) is 0 Å². The molecule has 0 saturated heterocycles. The summed E-state index contributed by atoms with van der Waals surface area (Å²) in [4.78, 5) is 47.7. The lowest BCUT2D eigenvalue weighted by Gasteiger charge is -2.26. The second-order valence-electron chi connectivity index (χ2n) is 15.4. The average molecular weight is 959 g/mol. The fraction of sp³-hybridized carbons (Fsp3) is 0.115. The Balaban J connectivity index is 0.926. The zero-order chi connectivity index (χ0) is 47.6. The number of fused-ring (bicyclic) bond motifs is 4. The van der Waals surface area contributed by atoms with Gasteiger partial charge in [-0.2, -0.15) is 0 Å². The number of carbonyl (C=O) groups excluding carboxylic acids is 2. The summed E-state index contributed by atoms with van der Waals surface area (Å²) in [5.41, 5.74) is 3.36. The van der Waals surface area contributed by atoms with E-state index in [0.717, 1.165) is 21.4 Å². The normalized spacial score (nSPS) is 12.1. The first kappa shape index (κ1) is 44.4. The molecule has 10 aromatic rings. The molecular formula is C52H39FN6O8S2. The van der Waals surface area contributed by atoms with E-state index in [2.05, 4.69) is 25.6 Å². The zero-order valence-electron chi connectivity index (χ0n) is 37.2. The first-order chi connectivity index (χ1) is 33.7. The molecule has 14 nitrogen and oxygen atoms in total. The van der Waals surface area contributed by atoms with Crippen LogP contribution in [0.3, 0.4) is 0 Å². The number of thiazole rings is 2. The molecule has 0 radical (unpaired) electrons. The van der Waals surface area contributed by atoms with Gasteiger partial charge in [-0.25, -0.2) is 14.4 Å². The molecule has 2 atom stereocenters. The number of anilines is 2. The van der Waals surface area contributed by atoms with E-state index in [4.69, 9.17) is 33.4 Å². The van der Waals surface area contributed by atoms with Gasteiger partial charge in [0.15, 0.2) is 44.8 Å². The Hall–Kier alpha value is -8.41. The van der Waals surface area contributed by atoms with Crippen molar-refractivity contribution in [3.63, 3.8) is 0 Å². The molecule has 4 heterocycles. The molecule has 0 fully saturated rings. The van der Waals surface area contributed by atoms with Crippen LogP contribution in [0.15, 0.2) is 140 Å². The van der Waals surface area contributed by atoms with Gasteiger partial charge in [-0.1, -0.05) is 83.3 Å². The molecule has 0 spiro atoms. The van der Waals surface area contributed by atoms with Gasteiger partial charge >= 0.3 is 0 Å². The maximum absolute atomic E-state index is 15.8. The van der Waals surface area contributed by atoms with Gasteiger partial charge in [0.1, 0.15) is 17.2 Å². The number of carbonyl (C=O) groups is 2. The molecule has 0 aliphatic rings. The van der Waals surface area contributed by atoms with Crippen LogP contribution < -0.4 is 39.1 Å². The van der Waals surface area contributed by atoms with Gasteiger partial charge in [0, 0.05) is 53.5 Å². The summed E-state index contributed by atoms with van der Waals surface area (Å²) in [6, 6.07) is 36.8. The van der Waals surface area contributed by atoms with Crippen molar-refractivity contribution in [1.82, 2.24) is 19.9 Å². The van der Waals surface area contributed by atoms with E-state index < -0.39 is 29.5 Å². The van der Waals surface area contributed by atoms with Gasteiger partial charge in [-0.05, 0) is 47.5 Å². The summed E-state index contributed by atoms with van der Waals surface area (Å²) in [7, 11) is 6.18. The maximum Gasteiger partial charge on any atom is 0.234 e. The van der Waals surface area contributed by atoms with Crippen molar-refractivity contribution in [3.8, 4) is 46.0 Å². The number of amides is 2. The molecule has 2 unspecified atom stereocenters. The lowest BCUT2D eigenvalue weighted by molar-refractivity contribution is -0.124. The number of pyridine rings is 2. The van der Waals surface area contributed by atoms with Crippen molar-refractivity contribution in [3.05, 3.63) is 157 Å². The van der Waals surface area contributed by atoms with Crippen LogP contribution in [-0.2, 0) is 9.59 Å². The Bertz CT molecular complexity index is 3560. The summed E-state index contributed by atoms with van der Waals surface area (Å²) in [5.74, 6) is -0.277. The summed E-state index contributed by atoms with van der Waals surface area (Å²) < 4.78 is 51.4. The van der Waals surface area contributed by atoms with Gasteiger partial charge < -0.3 is 39.1 Å². The first-order valence-corrected chi connectivity index (χ1v) is 22.9. The molecule has 17 heteroatoms. The number of rotatable bonds is 15. The van der Waals surface area contributed by atoms with Crippen LogP contribution in [0.5, 0.6) is 46.0 Å². The number of hydrogen-bond acceptors (Lipinski definition) is 14. The predicted octanol–water partition coefficient (Wildman–Crippen LogP) is 11.9. The molecule has 4 aromatic heterocycles. The Morgan fingerprint density at radius 3 is 1.49 bits per heavy atom. The van der Waals surface area contributed by atoms with Crippen LogP contribution in [0.1, 0.15) is 23.0 Å². The summed E-state index contributed by atoms with van der Waals surface area (Å²) in [6.07, 6.45) is 3.21. The SMILES string of the molecule is COc1cc2nccc(Oc3ccc4nc(NC(=O)C(c5ccccc5)C(C(=O)Nc5nc6cc(F)c(Oc7ccnc8cc(OC)c(OC)cc78)cc6s5)c5ccccc5)sc4c3)c2cc1OC. The molecule has 10 rings (SSSR count). The van der Waals surface area contributed by atoms with E-state index in [1.807, 2.05) is 66.7 Å². The van der Waals surface area contributed by atoms with Gasteiger partial charge in [-0.15, -0.1) is 0 Å². The highest BCUT2D eigenvalue weighted by atomic mass is 32.1. The molecule has 0 bridgehead atoms. The third-order valence-electron chi connectivity index (χ3n) is 11.3. The Kier molecular flexibility index (Phi) is 12.3. The van der Waals surface area contributed by atoms with Gasteiger partial charge in [-0.3, -0.25) is 19.6 Å². The Morgan fingerprint density at radius 2 is 0.971 bits per heavy atom. The van der Waals surface area contributed by atoms with Crippen molar-refractivity contribution in [2.75, 3.05) is 39.1 Å². The molecule has 0 saturated carbocycles. The van der Waals surface area contributed by atoms with Crippen LogP contribution in [0.2, 0.25) is 0 Å². The molecule has 6 aromatic carbocycles. The third kappa shape index (κ3) is 8.95. The minimum absolute atomic E-state index is 0.0577. The fourth-order valence-electron chi connectivity index (χ4n) is 8.08. The number of nitrogens with one attached hydrogen (secondary N) is 2. The highest BCUT2D eigenvalue weighted by molar-refractivity contribution is 7.22. The quantitative estimate of drug-likeness (QED) is 0.100. The van der Waals surface area contributed by atoms with Gasteiger partial charge in [0.2, 0.25) is 11.8 Å². The molecule has 0 aliphatic carbocycles. The van der Waals surface area contributed by atoms with Crippen molar-refractivity contribution in [2.24, 2.45) is 0 Å². The second-order valence-corrected chi connectivity index (χ2v) is 17.5. The molecule has 69 heavy (non-hydrogen) atoms. The van der Waals surface area contributed by atoms with E-state index in [0.29, 0.717) is 88.7 Å². The van der Waals surface area contributed by atoms with Crippen molar-refractivity contribution in [2.45, 2.75) is 11.8 Å². The summed E-state index contributed by atoms with van der Waals surface area (Å²) in [6.45, 7) is 0. The van der Waals surface area contributed by atoms with E-state index in [1.165, 1.54) is 37.7 Å². The first-order valence-electron chi connectivity index (χ1n) is 21.3. The number of ether oxygens (including phenoxy) is 6. The summed E-state index contributed by atoms with van der Waals surface area (Å²) >= 11 is 2.41. The number of aromatic nitrogens is 4. The van der Waals surface area contributed by atoms with E-state index in [-0.39, 0.29) is 10.9 Å². The van der Waals surface area contributed by atoms with E-state index in [9.17, 15) is 9.59 Å². The lowest BCUT2D eigenvalue weighted by Crippen LogP contribution is -2.33. The van der Waals surface area contributed by atoms with Gasteiger partial charge in [0.05, 0.1) is 71.7 Å². The van der Waals surface area contributed by atoms with Crippen molar-refractivity contribution < 1.29 is 42.4 Å². The smallest absolute Gasteiger partial charge is 0.234 e. The average Bonchev–Trinajstić information content (AvgIpc) is 3.96. The van der Waals surface area contributed by atoms with E-state index >= 15 is 4.39 Å². The summed E-state index contributed by atoms with van der Waals surface area (Å²) in [5, 5.41) is 7.82. The Labute approximate surface area is 401 Å². The van der Waals surface area contributed by atoms with Crippen LogP contribution in [0.25, 0.3) is 42.2 Å². The molecule has 344 valence electrons. The number of methoxy groups -OCH3 is 4. The van der Waals surface area contributed by atoms with Crippen LogP contribution in [-0.4, -0.2) is 60.2 Å². The van der Waals surface area contributed by atoms with Crippen LogP contribution in [0.4, 0.5) is 14.7 Å². The molecule has 2 amide bonds. The third-order valence-corrected chi connectivity index (χ3v) is 13.2. The van der Waals surface area contributed by atoms with E-state index in [1.54, 1.807) is 75.1 Å². The molecule has 0 aliphatic heterocycles. The van der Waals surface area contributed by atoms with Crippen molar-refractivity contribution >= 4 is 87.0 Å². The molecular weight excluding hydrogens is 920 g/mol. The largest absolute Gasteiger partial charge is 0.493 e. The number of nitrogens with zero attached hydrogens (tertiary/aromatic N) is 4. The molecule has 2 N–H and O–H groups in total. The maximum atomic E-state index is 15.8. The lowest BCUT2D eigenvalue weighted by atomic mass is 9.80. The number of benzene rings is 6. The monoisotopic (exact) mass is 958 g/mol. The predicted molar refractivity (Wildman–Crippen MR) is 265 cm³/mol. The Morgan fingerprint density at radius 1 is 0.493 bits per heavy atom. The highest BCUT2D eigenvalue weighted by Crippen LogP contribution is 2.42. The standard InChI is InChI=1S/C52H39FN6O8S2/c1-62-41-22-31-35(25-43(41)64-3)54-19-17-38(31)66-30-15-16-34-45(21-30)68-51(56-34)58-49(60)47(28-11-7-5-8-12-28)48(29-13-9-6-10-14-29)50(61)59-52-57-37-24-33(53)40(27-46(37)69-52)67-39-18-20-55-36-26-44(65-4)42(63-2)23-32(36)39/h5-27,47-48H,1-4H3,(H,56,58,60)(H,57,59,61). The highest BCUT2D eigenvalue weighted by Gasteiger charge is 2.37. The topological polar surface area (TPSA) is 165 Å². The van der Waals surface area contributed by atoms with Gasteiger partial charge in [0.25, 0.3) is 0 Å². The fourth-order valence-corrected chi connectivity index (χ4v) is 9.86. The number of halogens is 1. The zero-order valence-corrected chi connectivity index (χ0v) is 38.8.